The molecule has 14 heavy (non-hydrogen) atoms. The number of rotatable bonds is 3. The summed E-state index contributed by atoms with van der Waals surface area (Å²) in [7, 11) is -0.518. The predicted octanol–water partition coefficient (Wildman–Crippen LogP) is -0.0848. The molecule has 0 aliphatic heterocycles. The van der Waals surface area contributed by atoms with Gasteiger partial charge in [-0.1, -0.05) is 0 Å². The molecule has 5 nitrogen and oxygen atoms in total. The second-order valence-electron chi connectivity index (χ2n) is 2.42. The van der Waals surface area contributed by atoms with Gasteiger partial charge in [-0.2, -0.15) is 5.26 Å². The lowest BCUT2D eigenvalue weighted by molar-refractivity contribution is 0.279. The van der Waals surface area contributed by atoms with Crippen molar-refractivity contribution in [3.05, 3.63) is 23.8 Å². The summed E-state index contributed by atoms with van der Waals surface area (Å²) in [5.41, 5.74) is 0.349. The van der Waals surface area contributed by atoms with Gasteiger partial charge in [0.1, 0.15) is 5.75 Å². The van der Waals surface area contributed by atoms with E-state index in [0.29, 0.717) is 11.3 Å². The molecule has 0 aliphatic carbocycles. The Bertz CT molecular complexity index is 361. The van der Waals surface area contributed by atoms with E-state index in [9.17, 15) is 0 Å². The molecule has 0 bridgehead atoms. The number of nitrogens with zero attached hydrogens (tertiary/aromatic N) is 1. The molecule has 0 spiro atoms. The first-order valence-corrected chi connectivity index (χ1v) is 3.78. The van der Waals surface area contributed by atoms with Crippen LogP contribution >= 0.6 is 0 Å². The molecule has 0 atom stereocenters. The SMILES string of the molecule is COc1ccc(C#N)cc1OB(O)O. The lowest BCUT2D eigenvalue weighted by Crippen LogP contribution is -2.20. The quantitative estimate of drug-likeness (QED) is 0.655. The summed E-state index contributed by atoms with van der Waals surface area (Å²) in [4.78, 5) is 0. The highest BCUT2D eigenvalue weighted by molar-refractivity contribution is 6.33. The molecule has 0 aromatic heterocycles. The molecule has 0 heterocycles. The van der Waals surface area contributed by atoms with Crippen LogP contribution < -0.4 is 9.39 Å². The zero-order chi connectivity index (χ0) is 10.6. The third-order valence-electron chi connectivity index (χ3n) is 1.53. The monoisotopic (exact) mass is 193 g/mol. The second-order valence-corrected chi connectivity index (χ2v) is 2.42. The summed E-state index contributed by atoms with van der Waals surface area (Å²) in [5.74, 6) is 0.443. The van der Waals surface area contributed by atoms with Gasteiger partial charge in [0.25, 0.3) is 0 Å². The van der Waals surface area contributed by atoms with E-state index < -0.39 is 7.32 Å². The van der Waals surface area contributed by atoms with Crippen LogP contribution in [0.4, 0.5) is 0 Å². The number of nitriles is 1. The van der Waals surface area contributed by atoms with E-state index in [1.807, 2.05) is 6.07 Å². The van der Waals surface area contributed by atoms with Gasteiger partial charge in [0.15, 0.2) is 5.75 Å². The van der Waals surface area contributed by atoms with E-state index in [1.54, 1.807) is 0 Å². The largest absolute Gasteiger partial charge is 0.707 e. The van der Waals surface area contributed by atoms with Crippen molar-refractivity contribution in [1.82, 2.24) is 0 Å². The summed E-state index contributed by atoms with van der Waals surface area (Å²) in [6, 6.07) is 6.30. The van der Waals surface area contributed by atoms with Gasteiger partial charge < -0.3 is 19.4 Å². The molecule has 6 heteroatoms. The first-order valence-electron chi connectivity index (χ1n) is 3.78. The Labute approximate surface area is 81.3 Å². The first kappa shape index (κ1) is 10.4. The Balaban J connectivity index is 3.03. The van der Waals surface area contributed by atoms with Crippen LogP contribution in [-0.2, 0) is 0 Å². The predicted molar refractivity (Wildman–Crippen MR) is 48.5 cm³/mol. The third kappa shape index (κ3) is 2.39. The van der Waals surface area contributed by atoms with Crippen molar-refractivity contribution in [3.63, 3.8) is 0 Å². The van der Waals surface area contributed by atoms with Gasteiger partial charge in [0.2, 0.25) is 0 Å². The molecular weight excluding hydrogens is 185 g/mol. The van der Waals surface area contributed by atoms with Crippen LogP contribution in [0.15, 0.2) is 18.2 Å². The highest BCUT2D eigenvalue weighted by Gasteiger charge is 2.15. The minimum Gasteiger partial charge on any atom is -0.509 e. The van der Waals surface area contributed by atoms with Crippen molar-refractivity contribution in [1.29, 1.82) is 5.26 Å². The average molecular weight is 193 g/mol. The van der Waals surface area contributed by atoms with Crippen LogP contribution in [0.2, 0.25) is 0 Å². The lowest BCUT2D eigenvalue weighted by Gasteiger charge is -2.09. The Morgan fingerprint density at radius 1 is 1.36 bits per heavy atom. The van der Waals surface area contributed by atoms with Crippen LogP contribution in [0.3, 0.4) is 0 Å². The lowest BCUT2D eigenvalue weighted by atomic mass is 10.2. The standard InChI is InChI=1S/C8H8BNO4/c1-13-7-3-2-6(5-10)4-8(7)14-9(11)12/h2-4,11-12H,1H3. The van der Waals surface area contributed by atoms with Crippen LogP contribution in [0.25, 0.3) is 0 Å². The molecular formula is C8H8BNO4. The maximum Gasteiger partial charge on any atom is 0.707 e. The Hall–Kier alpha value is -1.71. The molecule has 0 saturated heterocycles. The van der Waals surface area contributed by atoms with E-state index in [0.717, 1.165) is 0 Å². The maximum atomic E-state index is 8.59. The highest BCUT2D eigenvalue weighted by Crippen LogP contribution is 2.27. The van der Waals surface area contributed by atoms with Gasteiger partial charge in [-0.3, -0.25) is 0 Å². The topological polar surface area (TPSA) is 82.7 Å². The fourth-order valence-corrected chi connectivity index (χ4v) is 0.952. The van der Waals surface area contributed by atoms with Crippen LogP contribution in [0.1, 0.15) is 5.56 Å². The fourth-order valence-electron chi connectivity index (χ4n) is 0.952. The number of methoxy groups -OCH3 is 1. The van der Waals surface area contributed by atoms with Crippen molar-refractivity contribution in [2.75, 3.05) is 7.11 Å². The molecule has 2 N–H and O–H groups in total. The average Bonchev–Trinajstić information content (AvgIpc) is 2.16. The van der Waals surface area contributed by atoms with E-state index >= 15 is 0 Å². The van der Waals surface area contributed by atoms with Gasteiger partial charge in [-0.25, -0.2) is 0 Å². The maximum absolute atomic E-state index is 8.59. The van der Waals surface area contributed by atoms with Crippen molar-refractivity contribution in [3.8, 4) is 17.6 Å². The minimum absolute atomic E-state index is 0.113. The molecule has 1 aromatic rings. The minimum atomic E-state index is -1.93. The molecule has 1 rings (SSSR count). The van der Waals surface area contributed by atoms with Gasteiger partial charge >= 0.3 is 7.32 Å². The molecule has 1 aromatic carbocycles. The molecule has 0 saturated carbocycles. The zero-order valence-electron chi connectivity index (χ0n) is 7.47. The highest BCUT2D eigenvalue weighted by atomic mass is 16.6. The molecule has 0 radical (unpaired) electrons. The summed E-state index contributed by atoms with van der Waals surface area (Å²) < 4.78 is 9.50. The van der Waals surface area contributed by atoms with Crippen LogP contribution in [0.5, 0.6) is 11.5 Å². The van der Waals surface area contributed by atoms with E-state index in [4.69, 9.17) is 20.0 Å². The molecule has 72 valence electrons. The number of hydrogen-bond donors (Lipinski definition) is 2. The van der Waals surface area contributed by atoms with E-state index in [-0.39, 0.29) is 5.75 Å². The molecule has 0 fully saturated rings. The molecule has 0 aliphatic rings. The molecule has 0 unspecified atom stereocenters. The van der Waals surface area contributed by atoms with Crippen molar-refractivity contribution < 1.29 is 19.4 Å². The van der Waals surface area contributed by atoms with Gasteiger partial charge in [-0.05, 0) is 12.1 Å². The summed E-state index contributed by atoms with van der Waals surface area (Å²) >= 11 is 0. The normalized spacial score (nSPS) is 9.00. The van der Waals surface area contributed by atoms with Crippen LogP contribution in [-0.4, -0.2) is 24.5 Å². The van der Waals surface area contributed by atoms with Gasteiger partial charge in [0, 0.05) is 6.07 Å². The Morgan fingerprint density at radius 3 is 2.57 bits per heavy atom. The smallest absolute Gasteiger partial charge is 0.509 e. The fraction of sp³-hybridized carbons (Fsp3) is 0.125. The van der Waals surface area contributed by atoms with Crippen LogP contribution in [0, 0.1) is 11.3 Å². The van der Waals surface area contributed by atoms with E-state index in [1.165, 1.54) is 25.3 Å². The summed E-state index contributed by atoms with van der Waals surface area (Å²) in [6.45, 7) is 0. The summed E-state index contributed by atoms with van der Waals surface area (Å²) in [5, 5.41) is 25.8. The van der Waals surface area contributed by atoms with Gasteiger partial charge in [0.05, 0.1) is 18.7 Å². The zero-order valence-corrected chi connectivity index (χ0v) is 7.47. The Kier molecular flexibility index (Phi) is 3.34. The van der Waals surface area contributed by atoms with Crippen molar-refractivity contribution in [2.24, 2.45) is 0 Å². The third-order valence-corrected chi connectivity index (χ3v) is 1.53. The Morgan fingerprint density at radius 2 is 2.07 bits per heavy atom. The van der Waals surface area contributed by atoms with Gasteiger partial charge in [-0.15, -0.1) is 0 Å². The van der Waals surface area contributed by atoms with E-state index in [2.05, 4.69) is 4.65 Å². The first-order chi connectivity index (χ1) is 6.67. The number of ether oxygens (including phenoxy) is 1. The summed E-state index contributed by atoms with van der Waals surface area (Å²) in [6.07, 6.45) is 0. The second kappa shape index (κ2) is 4.51. The van der Waals surface area contributed by atoms with Crippen molar-refractivity contribution >= 4 is 7.32 Å². The molecule has 0 amide bonds. The number of hydrogen-bond acceptors (Lipinski definition) is 5. The van der Waals surface area contributed by atoms with Crippen molar-refractivity contribution in [2.45, 2.75) is 0 Å². The number of benzene rings is 1.